The van der Waals surface area contributed by atoms with Gasteiger partial charge >= 0.3 is 0 Å². The number of aliphatic hydroxyl groups excluding tert-OH is 2. The number of hydrogen-bond acceptors (Lipinski definition) is 4. The Labute approximate surface area is 67.2 Å². The third kappa shape index (κ3) is 6.25. The summed E-state index contributed by atoms with van der Waals surface area (Å²) in [6.45, 7) is 1.38. The molecule has 0 aliphatic rings. The molecule has 0 aromatic carbocycles. The molecule has 0 bridgehead atoms. The van der Waals surface area contributed by atoms with Crippen LogP contribution in [0.5, 0.6) is 0 Å². The number of rotatable bonds is 7. The Morgan fingerprint density at radius 1 is 1.36 bits per heavy atom. The number of methoxy groups -OCH3 is 1. The second kappa shape index (κ2) is 7.94. The van der Waals surface area contributed by atoms with Crippen molar-refractivity contribution >= 4 is 0 Å². The maximum atomic E-state index is 8.60. The summed E-state index contributed by atoms with van der Waals surface area (Å²) in [7, 11) is 1.62. The van der Waals surface area contributed by atoms with E-state index in [0.717, 1.165) is 0 Å². The van der Waals surface area contributed by atoms with Crippen LogP contribution in [0, 0.1) is 0 Å². The Morgan fingerprint density at radius 3 is 2.55 bits per heavy atom. The zero-order chi connectivity index (χ0) is 8.53. The zero-order valence-electron chi connectivity index (χ0n) is 6.92. The first-order chi connectivity index (χ1) is 5.35. The average Bonchev–Trinajstić information content (AvgIpc) is 2.01. The molecule has 1 atom stereocenters. The summed E-state index contributed by atoms with van der Waals surface area (Å²) in [6.07, 6.45) is 0.661. The molecular formula is C7H17NO3. The molecule has 3 N–H and O–H groups in total. The van der Waals surface area contributed by atoms with Crippen LogP contribution in [0.15, 0.2) is 0 Å². The van der Waals surface area contributed by atoms with E-state index in [4.69, 9.17) is 14.9 Å². The van der Waals surface area contributed by atoms with Crippen LogP contribution in [-0.2, 0) is 4.74 Å². The van der Waals surface area contributed by atoms with Gasteiger partial charge in [-0.05, 0) is 6.42 Å². The zero-order valence-corrected chi connectivity index (χ0v) is 6.92. The lowest BCUT2D eigenvalue weighted by atomic mass is 10.2. The number of ether oxygens (including phenoxy) is 1. The third-order valence-corrected chi connectivity index (χ3v) is 1.39. The largest absolute Gasteiger partial charge is 0.396 e. The molecule has 0 saturated carbocycles. The van der Waals surface area contributed by atoms with Crippen molar-refractivity contribution in [2.75, 3.05) is 33.5 Å². The van der Waals surface area contributed by atoms with E-state index in [1.54, 1.807) is 7.11 Å². The predicted octanol–water partition coefficient (Wildman–Crippen LogP) is -1.03. The first kappa shape index (κ1) is 10.8. The molecule has 0 radical (unpaired) electrons. The van der Waals surface area contributed by atoms with Gasteiger partial charge in [0.15, 0.2) is 0 Å². The first-order valence-electron chi connectivity index (χ1n) is 3.79. The van der Waals surface area contributed by atoms with Gasteiger partial charge in [0.2, 0.25) is 0 Å². The Morgan fingerprint density at radius 2 is 2.09 bits per heavy atom. The topological polar surface area (TPSA) is 61.7 Å². The SMILES string of the molecule is COCC(CCO)NCCO. The Kier molecular flexibility index (Phi) is 7.83. The van der Waals surface area contributed by atoms with Gasteiger partial charge in [-0.2, -0.15) is 0 Å². The molecule has 0 rings (SSSR count). The van der Waals surface area contributed by atoms with E-state index in [0.29, 0.717) is 19.6 Å². The molecule has 1 unspecified atom stereocenters. The van der Waals surface area contributed by atoms with Crippen molar-refractivity contribution in [2.45, 2.75) is 12.5 Å². The van der Waals surface area contributed by atoms with Crippen LogP contribution in [0.25, 0.3) is 0 Å². The molecule has 4 nitrogen and oxygen atoms in total. The highest BCUT2D eigenvalue weighted by atomic mass is 16.5. The first-order valence-corrected chi connectivity index (χ1v) is 3.79. The van der Waals surface area contributed by atoms with Crippen molar-refractivity contribution in [3.63, 3.8) is 0 Å². The van der Waals surface area contributed by atoms with Gasteiger partial charge in [0.1, 0.15) is 0 Å². The molecule has 0 aliphatic heterocycles. The van der Waals surface area contributed by atoms with Gasteiger partial charge in [0.25, 0.3) is 0 Å². The number of nitrogens with one attached hydrogen (secondary N) is 1. The normalized spacial score (nSPS) is 13.4. The van der Waals surface area contributed by atoms with E-state index < -0.39 is 0 Å². The molecule has 11 heavy (non-hydrogen) atoms. The van der Waals surface area contributed by atoms with E-state index in [9.17, 15) is 0 Å². The molecule has 0 aromatic rings. The molecule has 0 heterocycles. The van der Waals surface area contributed by atoms with Gasteiger partial charge in [0.05, 0.1) is 13.2 Å². The van der Waals surface area contributed by atoms with Crippen molar-refractivity contribution in [2.24, 2.45) is 0 Å². The van der Waals surface area contributed by atoms with E-state index in [1.165, 1.54) is 0 Å². The summed E-state index contributed by atoms with van der Waals surface area (Å²) in [4.78, 5) is 0. The van der Waals surface area contributed by atoms with Gasteiger partial charge in [-0.3, -0.25) is 0 Å². The molecule has 68 valence electrons. The highest BCUT2D eigenvalue weighted by Gasteiger charge is 2.04. The lowest BCUT2D eigenvalue weighted by molar-refractivity contribution is 0.144. The highest BCUT2D eigenvalue weighted by molar-refractivity contribution is 4.64. The Balaban J connectivity index is 3.34. The number of hydrogen-bond donors (Lipinski definition) is 3. The summed E-state index contributed by atoms with van der Waals surface area (Å²) < 4.78 is 4.90. The smallest absolute Gasteiger partial charge is 0.0616 e. The van der Waals surface area contributed by atoms with Crippen LogP contribution < -0.4 is 5.32 Å². The van der Waals surface area contributed by atoms with Crippen molar-refractivity contribution in [1.82, 2.24) is 5.32 Å². The van der Waals surface area contributed by atoms with E-state index in [1.807, 2.05) is 0 Å². The van der Waals surface area contributed by atoms with Crippen LogP contribution in [-0.4, -0.2) is 49.7 Å². The molecule has 0 aromatic heterocycles. The van der Waals surface area contributed by atoms with Crippen LogP contribution in [0.3, 0.4) is 0 Å². The monoisotopic (exact) mass is 163 g/mol. The molecule has 0 saturated heterocycles. The molecule has 0 fully saturated rings. The van der Waals surface area contributed by atoms with E-state index in [-0.39, 0.29) is 19.3 Å². The minimum absolute atomic E-state index is 0.117. The van der Waals surface area contributed by atoms with Crippen molar-refractivity contribution in [1.29, 1.82) is 0 Å². The Hall–Kier alpha value is -0.160. The Bertz CT molecular complexity index is 74.1. The molecule has 4 heteroatoms. The van der Waals surface area contributed by atoms with Gasteiger partial charge in [0, 0.05) is 26.3 Å². The minimum atomic E-state index is 0.117. The average molecular weight is 163 g/mol. The lowest BCUT2D eigenvalue weighted by Gasteiger charge is -2.15. The fourth-order valence-electron chi connectivity index (χ4n) is 0.870. The summed E-state index contributed by atoms with van der Waals surface area (Å²) in [5.41, 5.74) is 0. The fraction of sp³-hybridized carbons (Fsp3) is 1.00. The highest BCUT2D eigenvalue weighted by Crippen LogP contribution is 1.90. The summed E-state index contributed by atoms with van der Waals surface area (Å²) in [5, 5.41) is 20.1. The lowest BCUT2D eigenvalue weighted by Crippen LogP contribution is -2.35. The molecule has 0 amide bonds. The van der Waals surface area contributed by atoms with Crippen LogP contribution in [0.1, 0.15) is 6.42 Å². The predicted molar refractivity (Wildman–Crippen MR) is 42.5 cm³/mol. The minimum Gasteiger partial charge on any atom is -0.396 e. The van der Waals surface area contributed by atoms with Gasteiger partial charge in [-0.15, -0.1) is 0 Å². The van der Waals surface area contributed by atoms with E-state index in [2.05, 4.69) is 5.32 Å². The second-order valence-electron chi connectivity index (χ2n) is 2.34. The fourth-order valence-corrected chi connectivity index (χ4v) is 0.870. The maximum Gasteiger partial charge on any atom is 0.0616 e. The van der Waals surface area contributed by atoms with Crippen molar-refractivity contribution in [3.05, 3.63) is 0 Å². The standard InChI is InChI=1S/C7H17NO3/c1-11-6-7(2-4-9)8-3-5-10/h7-10H,2-6H2,1H3. The second-order valence-corrected chi connectivity index (χ2v) is 2.34. The van der Waals surface area contributed by atoms with Crippen molar-refractivity contribution in [3.8, 4) is 0 Å². The van der Waals surface area contributed by atoms with Gasteiger partial charge in [-0.25, -0.2) is 0 Å². The maximum absolute atomic E-state index is 8.60. The van der Waals surface area contributed by atoms with Crippen molar-refractivity contribution < 1.29 is 14.9 Å². The van der Waals surface area contributed by atoms with Crippen LogP contribution >= 0.6 is 0 Å². The van der Waals surface area contributed by atoms with Gasteiger partial charge < -0.3 is 20.3 Å². The number of aliphatic hydroxyl groups is 2. The summed E-state index contributed by atoms with van der Waals surface area (Å²) in [6, 6.07) is 0.150. The molecule has 0 aliphatic carbocycles. The third-order valence-electron chi connectivity index (χ3n) is 1.39. The van der Waals surface area contributed by atoms with E-state index >= 15 is 0 Å². The van der Waals surface area contributed by atoms with Crippen LogP contribution in [0.4, 0.5) is 0 Å². The van der Waals surface area contributed by atoms with Gasteiger partial charge in [-0.1, -0.05) is 0 Å². The molecular weight excluding hydrogens is 146 g/mol. The summed E-state index contributed by atoms with van der Waals surface area (Å²) >= 11 is 0. The molecule has 0 spiro atoms. The van der Waals surface area contributed by atoms with Crippen LogP contribution in [0.2, 0.25) is 0 Å². The summed E-state index contributed by atoms with van der Waals surface area (Å²) in [5.74, 6) is 0. The quantitative estimate of drug-likeness (QED) is 0.449.